The first-order valence-electron chi connectivity index (χ1n) is 3.45. The Morgan fingerprint density at radius 3 is 1.14 bits per heavy atom. The van der Waals surface area contributed by atoms with Gasteiger partial charge < -0.3 is 10.2 Å². The highest BCUT2D eigenvalue weighted by molar-refractivity contribution is 5.83. The van der Waals surface area contributed by atoms with Crippen LogP contribution >= 0.6 is 0 Å². The lowest BCUT2D eigenvalue weighted by molar-refractivity contribution is 0.378. The van der Waals surface area contributed by atoms with E-state index in [4.69, 9.17) is 10.2 Å². The fourth-order valence-electron chi connectivity index (χ4n) is 1.25. The Hall–Kier alpha value is -1.72. The average molecular weight is 206 g/mol. The van der Waals surface area contributed by atoms with E-state index in [0.29, 0.717) is 0 Å². The Morgan fingerprint density at radius 1 is 0.571 bits per heavy atom. The van der Waals surface area contributed by atoms with E-state index < -0.39 is 45.2 Å². The predicted octanol–water partition coefficient (Wildman–Crippen LogP) is 0.589. The van der Waals surface area contributed by atoms with Gasteiger partial charge in [-0.1, -0.05) is 0 Å². The molecule has 0 atom stereocenters. The van der Waals surface area contributed by atoms with Gasteiger partial charge in [-0.25, -0.2) is 17.6 Å². The normalized spacial score (nSPS) is 14.0. The number of halogens is 4. The molecule has 74 valence electrons. The highest BCUT2D eigenvalue weighted by atomic mass is 19.2. The van der Waals surface area contributed by atoms with Gasteiger partial charge in [0.2, 0.25) is 0 Å². The number of benzene rings is 1. The Morgan fingerprint density at radius 2 is 0.857 bits per heavy atom. The molecule has 2 nitrogen and oxygen atoms in total. The first kappa shape index (κ1) is 8.86. The van der Waals surface area contributed by atoms with E-state index in [9.17, 15) is 17.6 Å². The molecule has 1 aromatic carbocycles. The predicted molar refractivity (Wildman–Crippen MR) is 37.6 cm³/mol. The summed E-state index contributed by atoms with van der Waals surface area (Å²) in [4.78, 5) is 0. The quantitative estimate of drug-likeness (QED) is 0.370. The SMILES string of the molecule is OC1=c2c(F)c(F)c(F)c(F)c2=C1O. The molecule has 2 N–H and O–H groups in total. The Balaban J connectivity index is 3.07. The number of aliphatic hydroxyl groups excluding tert-OH is 2. The highest BCUT2D eigenvalue weighted by Crippen LogP contribution is 2.14. The fourth-order valence-corrected chi connectivity index (χ4v) is 1.25. The van der Waals surface area contributed by atoms with Crippen molar-refractivity contribution in [3.63, 3.8) is 0 Å². The van der Waals surface area contributed by atoms with E-state index in [1.165, 1.54) is 0 Å². The van der Waals surface area contributed by atoms with Gasteiger partial charge in [0.15, 0.2) is 34.8 Å². The second-order valence-corrected chi connectivity index (χ2v) is 2.70. The molecular formula is C8H2F4O2. The molecule has 1 aliphatic rings. The van der Waals surface area contributed by atoms with Gasteiger partial charge in [0.05, 0.1) is 10.4 Å². The van der Waals surface area contributed by atoms with Crippen molar-refractivity contribution in [1.82, 2.24) is 0 Å². The van der Waals surface area contributed by atoms with Crippen LogP contribution in [0.3, 0.4) is 0 Å². The number of fused-ring (bicyclic) bond motifs is 1. The molecule has 0 heterocycles. The van der Waals surface area contributed by atoms with E-state index in [1.54, 1.807) is 0 Å². The minimum atomic E-state index is -2.01. The molecule has 14 heavy (non-hydrogen) atoms. The van der Waals surface area contributed by atoms with Crippen LogP contribution in [0.15, 0.2) is 0 Å². The van der Waals surface area contributed by atoms with Gasteiger partial charge in [-0.15, -0.1) is 0 Å². The van der Waals surface area contributed by atoms with Gasteiger partial charge in [-0.3, -0.25) is 0 Å². The van der Waals surface area contributed by atoms with Crippen LogP contribution in [-0.4, -0.2) is 10.2 Å². The van der Waals surface area contributed by atoms with Gasteiger partial charge in [0.25, 0.3) is 0 Å². The fraction of sp³-hybridized carbons (Fsp3) is 0. The molecule has 0 amide bonds. The van der Waals surface area contributed by atoms with Crippen LogP contribution in [0.5, 0.6) is 0 Å². The molecule has 0 bridgehead atoms. The maximum atomic E-state index is 12.8. The van der Waals surface area contributed by atoms with Crippen LogP contribution in [0.4, 0.5) is 17.6 Å². The van der Waals surface area contributed by atoms with Crippen LogP contribution in [0.1, 0.15) is 0 Å². The summed E-state index contributed by atoms with van der Waals surface area (Å²) in [5, 5.41) is 16.0. The molecule has 1 aromatic rings. The molecule has 2 rings (SSSR count). The van der Waals surface area contributed by atoms with E-state index in [1.807, 2.05) is 0 Å². The van der Waals surface area contributed by atoms with Crippen molar-refractivity contribution in [2.24, 2.45) is 0 Å². The number of aliphatic hydroxyl groups is 2. The van der Waals surface area contributed by atoms with E-state index in [0.717, 1.165) is 0 Å². The molecule has 0 unspecified atom stereocenters. The lowest BCUT2D eigenvalue weighted by Crippen LogP contribution is -2.45. The largest absolute Gasteiger partial charge is 0.504 e. The maximum absolute atomic E-state index is 12.8. The van der Waals surface area contributed by atoms with Crippen molar-refractivity contribution in [2.75, 3.05) is 0 Å². The molecule has 6 heteroatoms. The zero-order valence-electron chi connectivity index (χ0n) is 6.41. The molecule has 0 aromatic heterocycles. The molecule has 0 saturated heterocycles. The lowest BCUT2D eigenvalue weighted by Gasteiger charge is -2.11. The average Bonchev–Trinajstić information content (AvgIpc) is 2.18. The van der Waals surface area contributed by atoms with Crippen molar-refractivity contribution < 1.29 is 27.8 Å². The summed E-state index contributed by atoms with van der Waals surface area (Å²) in [7, 11) is 0. The number of rotatable bonds is 0. The van der Waals surface area contributed by atoms with Gasteiger partial charge in [-0.2, -0.15) is 0 Å². The molecule has 0 spiro atoms. The molecule has 0 fully saturated rings. The Bertz CT molecular complexity index is 511. The summed E-state index contributed by atoms with van der Waals surface area (Å²) < 4.78 is 50.8. The lowest BCUT2D eigenvalue weighted by atomic mass is 10.0. The van der Waals surface area contributed by atoms with Crippen molar-refractivity contribution in [3.8, 4) is 0 Å². The zero-order chi connectivity index (χ0) is 10.6. The second kappa shape index (κ2) is 2.40. The van der Waals surface area contributed by atoms with Crippen molar-refractivity contribution >= 4 is 11.5 Å². The Kier molecular flexibility index (Phi) is 1.52. The summed E-state index contributed by atoms with van der Waals surface area (Å²) >= 11 is 0. The van der Waals surface area contributed by atoms with Gasteiger partial charge in [0, 0.05) is 0 Å². The van der Waals surface area contributed by atoms with Gasteiger partial charge in [0.1, 0.15) is 0 Å². The third-order valence-corrected chi connectivity index (χ3v) is 1.97. The van der Waals surface area contributed by atoms with Crippen LogP contribution in [0.2, 0.25) is 0 Å². The topological polar surface area (TPSA) is 40.5 Å². The summed E-state index contributed by atoms with van der Waals surface area (Å²) in [5.74, 6) is -9.41. The second-order valence-electron chi connectivity index (χ2n) is 2.70. The minimum Gasteiger partial charge on any atom is -0.504 e. The van der Waals surface area contributed by atoms with Crippen molar-refractivity contribution in [3.05, 3.63) is 33.7 Å². The number of hydrogen-bond donors (Lipinski definition) is 2. The summed E-state index contributed by atoms with van der Waals surface area (Å²) in [6.45, 7) is 0. The summed E-state index contributed by atoms with van der Waals surface area (Å²) in [5.41, 5.74) is 0. The van der Waals surface area contributed by atoms with E-state index >= 15 is 0 Å². The molecule has 1 aliphatic carbocycles. The smallest absolute Gasteiger partial charge is 0.198 e. The summed E-state index contributed by atoms with van der Waals surface area (Å²) in [6, 6.07) is 0. The van der Waals surface area contributed by atoms with Crippen LogP contribution in [0, 0.1) is 23.3 Å². The Labute approximate surface area is 74.0 Å². The van der Waals surface area contributed by atoms with Crippen LogP contribution < -0.4 is 10.4 Å². The molecule has 0 saturated carbocycles. The highest BCUT2D eigenvalue weighted by Gasteiger charge is 2.29. The monoisotopic (exact) mass is 206 g/mol. The van der Waals surface area contributed by atoms with Crippen molar-refractivity contribution in [1.29, 1.82) is 0 Å². The molecular weight excluding hydrogens is 204 g/mol. The zero-order valence-corrected chi connectivity index (χ0v) is 6.41. The third kappa shape index (κ3) is 0.753. The van der Waals surface area contributed by atoms with Gasteiger partial charge >= 0.3 is 0 Å². The molecule has 0 radical (unpaired) electrons. The minimum absolute atomic E-state index is 0.834. The van der Waals surface area contributed by atoms with E-state index in [2.05, 4.69) is 0 Å². The number of hydrogen-bond acceptors (Lipinski definition) is 2. The van der Waals surface area contributed by atoms with Crippen LogP contribution in [-0.2, 0) is 0 Å². The first-order valence-corrected chi connectivity index (χ1v) is 3.45. The summed E-state index contributed by atoms with van der Waals surface area (Å²) in [6.07, 6.45) is 0. The molecule has 0 aliphatic heterocycles. The van der Waals surface area contributed by atoms with Gasteiger partial charge in [-0.05, 0) is 0 Å². The first-order chi connectivity index (χ1) is 6.46. The maximum Gasteiger partial charge on any atom is 0.198 e. The van der Waals surface area contributed by atoms with Crippen LogP contribution in [0.25, 0.3) is 11.5 Å². The third-order valence-electron chi connectivity index (χ3n) is 1.97. The standard InChI is InChI=1S/C8H2F4O2/c9-3-1-2(8(14)7(1)13)4(10)6(12)5(3)11/h13-14H. The van der Waals surface area contributed by atoms with Crippen molar-refractivity contribution in [2.45, 2.75) is 0 Å². The van der Waals surface area contributed by atoms with E-state index in [-0.39, 0.29) is 0 Å².